The van der Waals surface area contributed by atoms with Crippen LogP contribution >= 0.6 is 0 Å². The van der Waals surface area contributed by atoms with Crippen molar-refractivity contribution >= 4 is 15.7 Å². The minimum atomic E-state index is -3.88. The average Bonchev–Trinajstić information content (AvgIpc) is 2.90. The molecule has 0 N–H and O–H groups in total. The second kappa shape index (κ2) is 9.72. The molecule has 0 amide bonds. The average molecular weight is 474 g/mol. The van der Waals surface area contributed by atoms with Gasteiger partial charge in [0.2, 0.25) is 0 Å². The summed E-state index contributed by atoms with van der Waals surface area (Å²) >= 11 is 0. The highest BCUT2D eigenvalue weighted by Crippen LogP contribution is 2.38. The molecule has 1 saturated carbocycles. The first-order valence-corrected chi connectivity index (χ1v) is 13.5. The van der Waals surface area contributed by atoms with Gasteiger partial charge in [-0.1, -0.05) is 97.6 Å². The molecule has 1 aliphatic carbocycles. The summed E-state index contributed by atoms with van der Waals surface area (Å²) in [7, 11) is -3.88. The first-order chi connectivity index (χ1) is 16.5. The van der Waals surface area contributed by atoms with Gasteiger partial charge in [-0.3, -0.25) is 4.90 Å². The fourth-order valence-electron chi connectivity index (χ4n) is 5.06. The zero-order valence-electron chi connectivity index (χ0n) is 19.5. The van der Waals surface area contributed by atoms with E-state index in [-0.39, 0.29) is 4.90 Å². The quantitative estimate of drug-likeness (QED) is 0.475. The predicted octanol–water partition coefficient (Wildman–Crippen LogP) is 5.74. The molecule has 0 bridgehead atoms. The van der Waals surface area contributed by atoms with Gasteiger partial charge in [0.1, 0.15) is 6.17 Å². The van der Waals surface area contributed by atoms with Crippen molar-refractivity contribution in [2.24, 2.45) is 5.10 Å². The number of rotatable bonds is 5. The Bertz CT molecular complexity index is 1240. The zero-order chi connectivity index (χ0) is 23.5. The maximum Gasteiger partial charge on any atom is 0.280 e. The number of hydrazone groups is 1. The molecule has 3 aromatic carbocycles. The highest BCUT2D eigenvalue weighted by atomic mass is 32.2. The molecule has 5 nitrogen and oxygen atoms in total. The van der Waals surface area contributed by atoms with Gasteiger partial charge in [-0.25, -0.2) is 0 Å². The maximum absolute atomic E-state index is 14.1. The summed E-state index contributed by atoms with van der Waals surface area (Å²) in [5.41, 5.74) is 3.71. The van der Waals surface area contributed by atoms with E-state index < -0.39 is 16.2 Å². The second-order valence-electron chi connectivity index (χ2n) is 9.25. The normalized spacial score (nSPS) is 20.2. The van der Waals surface area contributed by atoms with Crippen LogP contribution in [0, 0.1) is 6.92 Å². The van der Waals surface area contributed by atoms with Gasteiger partial charge in [0.25, 0.3) is 10.0 Å². The fourth-order valence-corrected chi connectivity index (χ4v) is 6.47. The van der Waals surface area contributed by atoms with E-state index in [4.69, 9.17) is 5.10 Å². The third kappa shape index (κ3) is 4.52. The Morgan fingerprint density at radius 3 is 2.06 bits per heavy atom. The van der Waals surface area contributed by atoms with E-state index >= 15 is 0 Å². The summed E-state index contributed by atoms with van der Waals surface area (Å²) in [6, 6.07) is 27.3. The molecule has 5 rings (SSSR count). The molecule has 6 heteroatoms. The van der Waals surface area contributed by atoms with Crippen LogP contribution in [0.1, 0.15) is 55.0 Å². The van der Waals surface area contributed by atoms with Crippen LogP contribution in [0.5, 0.6) is 0 Å². The molecule has 1 unspecified atom stereocenters. The standard InChI is InChI=1S/C28H31N3O2S/c1-22-17-19-26(20-18-22)34(32,33)31-28(24-13-7-3-8-14-24)30(25-15-9-4-10-16-25)21-27(29-31)23-11-5-2-6-12-23/h2-3,5-8,11-14,17-20,25,28H,4,9-10,15-16,21H2,1H3. The molecular weight excluding hydrogens is 442 g/mol. The molecule has 176 valence electrons. The van der Waals surface area contributed by atoms with Crippen LogP contribution in [0.25, 0.3) is 0 Å². The van der Waals surface area contributed by atoms with Crippen molar-refractivity contribution in [3.05, 3.63) is 102 Å². The first kappa shape index (κ1) is 22.8. The Morgan fingerprint density at radius 1 is 0.794 bits per heavy atom. The van der Waals surface area contributed by atoms with Crippen LogP contribution in [0.15, 0.2) is 94.9 Å². The van der Waals surface area contributed by atoms with Gasteiger partial charge in [0.15, 0.2) is 0 Å². The lowest BCUT2D eigenvalue weighted by atomic mass is 9.92. The largest absolute Gasteiger partial charge is 0.280 e. The molecular formula is C28H31N3O2S. The van der Waals surface area contributed by atoms with Gasteiger partial charge in [-0.15, -0.1) is 0 Å². The van der Waals surface area contributed by atoms with E-state index in [2.05, 4.69) is 4.90 Å². The van der Waals surface area contributed by atoms with Crippen LogP contribution in [0.4, 0.5) is 0 Å². The van der Waals surface area contributed by atoms with E-state index in [0.717, 1.165) is 35.2 Å². The van der Waals surface area contributed by atoms with Crippen LogP contribution in [-0.4, -0.2) is 36.0 Å². The monoisotopic (exact) mass is 473 g/mol. The number of hydrogen-bond acceptors (Lipinski definition) is 4. The van der Waals surface area contributed by atoms with Crippen molar-refractivity contribution in [3.63, 3.8) is 0 Å². The number of sulfonamides is 1. The van der Waals surface area contributed by atoms with Crippen molar-refractivity contribution in [1.29, 1.82) is 0 Å². The minimum Gasteiger partial charge on any atom is -0.268 e. The molecule has 1 fully saturated rings. The van der Waals surface area contributed by atoms with E-state index in [1.54, 1.807) is 12.1 Å². The highest BCUT2D eigenvalue weighted by Gasteiger charge is 2.42. The lowest BCUT2D eigenvalue weighted by Gasteiger charge is -2.46. The molecule has 34 heavy (non-hydrogen) atoms. The highest BCUT2D eigenvalue weighted by molar-refractivity contribution is 7.89. The third-order valence-corrected chi connectivity index (χ3v) is 8.53. The van der Waals surface area contributed by atoms with Gasteiger partial charge < -0.3 is 0 Å². The Hall–Kier alpha value is -2.96. The number of nitrogens with zero attached hydrogens (tertiary/aromatic N) is 3. The summed E-state index contributed by atoms with van der Waals surface area (Å²) in [6.45, 7) is 2.58. The third-order valence-electron chi connectivity index (χ3n) is 6.89. The Labute approximate surface area is 202 Å². The van der Waals surface area contributed by atoms with Crippen LogP contribution in [-0.2, 0) is 10.0 Å². The number of hydrogen-bond donors (Lipinski definition) is 0. The van der Waals surface area contributed by atoms with Crippen molar-refractivity contribution in [2.45, 2.75) is 56.1 Å². The van der Waals surface area contributed by atoms with E-state index in [1.807, 2.05) is 79.7 Å². The molecule has 1 aliphatic heterocycles. The Kier molecular flexibility index (Phi) is 6.53. The van der Waals surface area contributed by atoms with Gasteiger partial charge in [0, 0.05) is 12.6 Å². The smallest absolute Gasteiger partial charge is 0.268 e. The Balaban J connectivity index is 1.68. The topological polar surface area (TPSA) is 53.0 Å². The summed E-state index contributed by atoms with van der Waals surface area (Å²) in [5, 5.41) is 4.85. The lowest BCUT2D eigenvalue weighted by molar-refractivity contribution is 0.0443. The molecule has 1 heterocycles. The molecule has 0 radical (unpaired) electrons. The molecule has 0 aromatic heterocycles. The number of aryl methyl sites for hydroxylation is 1. The second-order valence-corrected chi connectivity index (χ2v) is 11.0. The van der Waals surface area contributed by atoms with Gasteiger partial charge >= 0.3 is 0 Å². The maximum atomic E-state index is 14.1. The molecule has 1 atom stereocenters. The van der Waals surface area contributed by atoms with Gasteiger partial charge in [0.05, 0.1) is 10.6 Å². The summed E-state index contributed by atoms with van der Waals surface area (Å²) < 4.78 is 29.5. The SMILES string of the molecule is Cc1ccc(S(=O)(=O)N2N=C(c3ccccc3)CN(C3CCCCC3)C2c2ccccc2)cc1. The van der Waals surface area contributed by atoms with Crippen LogP contribution < -0.4 is 0 Å². The van der Waals surface area contributed by atoms with Crippen molar-refractivity contribution in [1.82, 2.24) is 9.31 Å². The summed E-state index contributed by atoms with van der Waals surface area (Å²) in [5.74, 6) is 0. The van der Waals surface area contributed by atoms with E-state index in [0.29, 0.717) is 12.6 Å². The van der Waals surface area contributed by atoms with Crippen LogP contribution in [0.2, 0.25) is 0 Å². The molecule has 2 aliphatic rings. The van der Waals surface area contributed by atoms with Crippen molar-refractivity contribution in [3.8, 4) is 0 Å². The van der Waals surface area contributed by atoms with E-state index in [9.17, 15) is 8.42 Å². The molecule has 0 saturated heterocycles. The van der Waals surface area contributed by atoms with Gasteiger partial charge in [-0.05, 0) is 43.0 Å². The minimum absolute atomic E-state index is 0.265. The summed E-state index contributed by atoms with van der Waals surface area (Å²) in [4.78, 5) is 2.64. The van der Waals surface area contributed by atoms with E-state index in [1.165, 1.54) is 23.7 Å². The predicted molar refractivity (Wildman–Crippen MR) is 136 cm³/mol. The number of benzene rings is 3. The summed E-state index contributed by atoms with van der Waals surface area (Å²) in [6.07, 6.45) is 5.25. The first-order valence-electron chi connectivity index (χ1n) is 12.1. The lowest BCUT2D eigenvalue weighted by Crippen LogP contribution is -2.53. The van der Waals surface area contributed by atoms with Crippen LogP contribution in [0.3, 0.4) is 0 Å². The Morgan fingerprint density at radius 2 is 1.41 bits per heavy atom. The van der Waals surface area contributed by atoms with Crippen molar-refractivity contribution in [2.75, 3.05) is 6.54 Å². The van der Waals surface area contributed by atoms with Crippen molar-refractivity contribution < 1.29 is 8.42 Å². The molecule has 0 spiro atoms. The van der Waals surface area contributed by atoms with Gasteiger partial charge in [-0.2, -0.15) is 17.9 Å². The zero-order valence-corrected chi connectivity index (χ0v) is 20.4. The fraction of sp³-hybridized carbons (Fsp3) is 0.321. The molecule has 3 aromatic rings.